The number of benzene rings is 1. The maximum Gasteiger partial charge on any atom is 0.166 e. The van der Waals surface area contributed by atoms with Gasteiger partial charge in [-0.3, -0.25) is 0 Å². The Bertz CT molecular complexity index is 358. The summed E-state index contributed by atoms with van der Waals surface area (Å²) in [6.45, 7) is 0.158. The molecule has 1 unspecified atom stereocenters. The fourth-order valence-corrected chi connectivity index (χ4v) is 2.72. The molecule has 1 aromatic rings. The van der Waals surface area contributed by atoms with Crippen LogP contribution in [-0.4, -0.2) is 22.6 Å². The van der Waals surface area contributed by atoms with Crippen LogP contribution in [0.4, 0.5) is 0 Å². The van der Waals surface area contributed by atoms with E-state index in [1.807, 2.05) is 30.3 Å². The van der Waals surface area contributed by atoms with E-state index < -0.39 is 5.79 Å². The standard InChI is InChI=1S/C16H24O3/c17-13-7-10-15(14-8-3-1-4-9-14)19-16(18)11-5-2-6-12-16/h1,3-4,8-9,15,17-18H,2,5-7,10-13H2. The third-order valence-corrected chi connectivity index (χ3v) is 3.79. The molecule has 19 heavy (non-hydrogen) atoms. The topological polar surface area (TPSA) is 49.7 Å². The van der Waals surface area contributed by atoms with E-state index in [4.69, 9.17) is 9.84 Å². The van der Waals surface area contributed by atoms with Crippen LogP contribution in [0.5, 0.6) is 0 Å². The second-order valence-corrected chi connectivity index (χ2v) is 5.39. The minimum absolute atomic E-state index is 0.128. The van der Waals surface area contributed by atoms with Crippen LogP contribution in [0.3, 0.4) is 0 Å². The summed E-state index contributed by atoms with van der Waals surface area (Å²) in [5.74, 6) is -0.978. The summed E-state index contributed by atoms with van der Waals surface area (Å²) in [7, 11) is 0. The number of hydrogen-bond donors (Lipinski definition) is 2. The Kier molecular flexibility index (Phi) is 5.37. The highest BCUT2D eigenvalue weighted by Gasteiger charge is 2.33. The Morgan fingerprint density at radius 2 is 1.79 bits per heavy atom. The van der Waals surface area contributed by atoms with Gasteiger partial charge in [-0.15, -0.1) is 0 Å². The van der Waals surface area contributed by atoms with Crippen LogP contribution in [0.2, 0.25) is 0 Å². The lowest BCUT2D eigenvalue weighted by molar-refractivity contribution is -0.248. The molecule has 3 heteroatoms. The number of rotatable bonds is 6. The number of ether oxygens (including phenoxy) is 1. The third kappa shape index (κ3) is 4.30. The molecule has 2 rings (SSSR count). The van der Waals surface area contributed by atoms with Gasteiger partial charge in [0, 0.05) is 19.4 Å². The molecule has 0 bridgehead atoms. The molecular formula is C16H24O3. The van der Waals surface area contributed by atoms with Crippen molar-refractivity contribution >= 4 is 0 Å². The second kappa shape index (κ2) is 7.04. The highest BCUT2D eigenvalue weighted by atomic mass is 16.6. The van der Waals surface area contributed by atoms with Crippen molar-refractivity contribution in [3.8, 4) is 0 Å². The van der Waals surface area contributed by atoms with Crippen LogP contribution in [-0.2, 0) is 4.74 Å². The Labute approximate surface area is 115 Å². The third-order valence-electron chi connectivity index (χ3n) is 3.79. The summed E-state index contributed by atoms with van der Waals surface area (Å²) in [4.78, 5) is 0. The van der Waals surface area contributed by atoms with Gasteiger partial charge in [0.1, 0.15) is 0 Å². The maximum atomic E-state index is 10.5. The molecule has 1 aliphatic carbocycles. The molecule has 0 aromatic heterocycles. The van der Waals surface area contributed by atoms with Crippen molar-refractivity contribution in [3.05, 3.63) is 35.9 Å². The molecule has 1 atom stereocenters. The van der Waals surface area contributed by atoms with Gasteiger partial charge >= 0.3 is 0 Å². The minimum atomic E-state index is -0.978. The first-order valence-electron chi connectivity index (χ1n) is 7.29. The van der Waals surface area contributed by atoms with Crippen LogP contribution in [0, 0.1) is 0 Å². The van der Waals surface area contributed by atoms with Gasteiger partial charge in [0.05, 0.1) is 6.10 Å². The zero-order valence-corrected chi connectivity index (χ0v) is 11.4. The molecule has 3 nitrogen and oxygen atoms in total. The van der Waals surface area contributed by atoms with Crippen LogP contribution in [0.25, 0.3) is 0 Å². The molecule has 0 saturated heterocycles. The molecule has 1 aliphatic rings. The molecule has 1 fully saturated rings. The zero-order valence-electron chi connectivity index (χ0n) is 11.4. The normalized spacial score (nSPS) is 20.1. The maximum absolute atomic E-state index is 10.5. The first-order chi connectivity index (χ1) is 9.23. The van der Waals surface area contributed by atoms with Gasteiger partial charge in [-0.25, -0.2) is 0 Å². The summed E-state index contributed by atoms with van der Waals surface area (Å²) in [5, 5.41) is 19.5. The Morgan fingerprint density at radius 3 is 2.42 bits per heavy atom. The van der Waals surface area contributed by atoms with E-state index in [0.717, 1.165) is 37.7 Å². The van der Waals surface area contributed by atoms with Crippen molar-refractivity contribution in [2.24, 2.45) is 0 Å². The predicted molar refractivity (Wildman–Crippen MR) is 74.6 cm³/mol. The van der Waals surface area contributed by atoms with E-state index in [2.05, 4.69) is 0 Å². The predicted octanol–water partition coefficient (Wildman–Crippen LogP) is 3.17. The van der Waals surface area contributed by atoms with E-state index in [1.165, 1.54) is 6.42 Å². The molecule has 0 amide bonds. The molecule has 1 aromatic carbocycles. The van der Waals surface area contributed by atoms with Gasteiger partial charge in [0.15, 0.2) is 5.79 Å². The molecule has 0 radical (unpaired) electrons. The zero-order chi connectivity index (χ0) is 13.6. The molecule has 0 aliphatic heterocycles. The first kappa shape index (κ1) is 14.5. The van der Waals surface area contributed by atoms with Gasteiger partial charge in [0.2, 0.25) is 0 Å². The highest BCUT2D eigenvalue weighted by molar-refractivity contribution is 5.17. The van der Waals surface area contributed by atoms with Gasteiger partial charge < -0.3 is 14.9 Å². The summed E-state index contributed by atoms with van der Waals surface area (Å²) in [6.07, 6.45) is 5.97. The van der Waals surface area contributed by atoms with E-state index in [-0.39, 0.29) is 12.7 Å². The van der Waals surface area contributed by atoms with Gasteiger partial charge in [-0.2, -0.15) is 0 Å². The van der Waals surface area contributed by atoms with Crippen LogP contribution in [0.15, 0.2) is 30.3 Å². The van der Waals surface area contributed by atoms with Gasteiger partial charge in [-0.1, -0.05) is 36.8 Å². The van der Waals surface area contributed by atoms with Gasteiger partial charge in [-0.05, 0) is 31.2 Å². The smallest absolute Gasteiger partial charge is 0.166 e. The molecule has 0 spiro atoms. The Morgan fingerprint density at radius 1 is 1.11 bits per heavy atom. The molecule has 0 heterocycles. The average molecular weight is 264 g/mol. The van der Waals surface area contributed by atoms with E-state index in [1.54, 1.807) is 0 Å². The molecule has 2 N–H and O–H groups in total. The second-order valence-electron chi connectivity index (χ2n) is 5.39. The summed E-state index contributed by atoms with van der Waals surface area (Å²) < 4.78 is 6.01. The summed E-state index contributed by atoms with van der Waals surface area (Å²) in [6, 6.07) is 9.98. The van der Waals surface area contributed by atoms with Crippen LogP contribution in [0.1, 0.15) is 56.6 Å². The molecule has 1 saturated carbocycles. The van der Waals surface area contributed by atoms with E-state index in [9.17, 15) is 5.11 Å². The van der Waals surface area contributed by atoms with Crippen molar-refractivity contribution in [1.82, 2.24) is 0 Å². The van der Waals surface area contributed by atoms with Crippen molar-refractivity contribution in [2.45, 2.75) is 56.8 Å². The fraction of sp³-hybridized carbons (Fsp3) is 0.625. The molecule has 106 valence electrons. The van der Waals surface area contributed by atoms with Crippen molar-refractivity contribution in [3.63, 3.8) is 0 Å². The van der Waals surface area contributed by atoms with Crippen molar-refractivity contribution in [2.75, 3.05) is 6.61 Å². The van der Waals surface area contributed by atoms with Gasteiger partial charge in [0.25, 0.3) is 0 Å². The van der Waals surface area contributed by atoms with Crippen LogP contribution >= 0.6 is 0 Å². The lowest BCUT2D eigenvalue weighted by Gasteiger charge is -2.35. The van der Waals surface area contributed by atoms with E-state index in [0.29, 0.717) is 6.42 Å². The molecular weight excluding hydrogens is 240 g/mol. The summed E-state index contributed by atoms with van der Waals surface area (Å²) in [5.41, 5.74) is 1.08. The highest BCUT2D eigenvalue weighted by Crippen LogP contribution is 2.35. The number of hydrogen-bond acceptors (Lipinski definition) is 3. The van der Waals surface area contributed by atoms with Crippen molar-refractivity contribution in [1.29, 1.82) is 0 Å². The monoisotopic (exact) mass is 264 g/mol. The lowest BCUT2D eigenvalue weighted by atomic mass is 9.93. The number of aliphatic hydroxyl groups excluding tert-OH is 1. The SMILES string of the molecule is OCCCC(OC1(O)CCCCC1)c1ccccc1. The Hall–Kier alpha value is -0.900. The lowest BCUT2D eigenvalue weighted by Crippen LogP contribution is -2.36. The fourth-order valence-electron chi connectivity index (χ4n) is 2.72. The average Bonchev–Trinajstić information content (AvgIpc) is 2.45. The minimum Gasteiger partial charge on any atom is -0.396 e. The quantitative estimate of drug-likeness (QED) is 0.776. The van der Waals surface area contributed by atoms with E-state index >= 15 is 0 Å². The number of aliphatic hydroxyl groups is 2. The van der Waals surface area contributed by atoms with Crippen LogP contribution < -0.4 is 0 Å². The van der Waals surface area contributed by atoms with Crippen molar-refractivity contribution < 1.29 is 14.9 Å². The largest absolute Gasteiger partial charge is 0.396 e. The first-order valence-corrected chi connectivity index (χ1v) is 7.29. The summed E-state index contributed by atoms with van der Waals surface area (Å²) >= 11 is 0. The Balaban J connectivity index is 2.05.